The van der Waals surface area contributed by atoms with Gasteiger partial charge in [0.1, 0.15) is 5.75 Å². The minimum atomic E-state index is -0.684. The fraction of sp³-hybridized carbons (Fsp3) is 0.455. The Balaban J connectivity index is 3.43. The van der Waals surface area contributed by atoms with Gasteiger partial charge in [-0.15, -0.1) is 0 Å². The number of hydrogen-bond donors (Lipinski definition) is 2. The maximum Gasteiger partial charge on any atom is 0.127 e. The average molecular weight is 274 g/mol. The molecule has 0 spiro atoms. The Kier molecular flexibility index (Phi) is 4.13. The lowest BCUT2D eigenvalue weighted by Gasteiger charge is -2.19. The van der Waals surface area contributed by atoms with Crippen molar-refractivity contribution in [1.29, 1.82) is 0 Å². The van der Waals surface area contributed by atoms with Gasteiger partial charge in [0, 0.05) is 16.6 Å². The molecule has 1 aromatic carbocycles. The lowest BCUT2D eigenvalue weighted by atomic mass is 9.99. The van der Waals surface area contributed by atoms with Crippen LogP contribution >= 0.6 is 15.9 Å². The third kappa shape index (κ3) is 2.33. The summed E-state index contributed by atoms with van der Waals surface area (Å²) in [6.07, 6.45) is -0.684. The molecule has 0 aliphatic heterocycles. The van der Waals surface area contributed by atoms with Crippen LogP contribution in [-0.2, 0) is 0 Å². The van der Waals surface area contributed by atoms with E-state index in [0.717, 1.165) is 21.2 Å². The second kappa shape index (κ2) is 4.96. The summed E-state index contributed by atoms with van der Waals surface area (Å²) >= 11 is 3.45. The summed E-state index contributed by atoms with van der Waals surface area (Å²) in [4.78, 5) is 0. The molecule has 1 aromatic rings. The van der Waals surface area contributed by atoms with Gasteiger partial charge >= 0.3 is 0 Å². The molecular formula is C11H16BrNO2. The van der Waals surface area contributed by atoms with E-state index in [1.54, 1.807) is 7.11 Å². The van der Waals surface area contributed by atoms with Crippen molar-refractivity contribution in [2.45, 2.75) is 20.0 Å². The molecule has 3 N–H and O–H groups in total. The minimum absolute atomic E-state index is 0.188. The van der Waals surface area contributed by atoms with E-state index in [-0.39, 0.29) is 6.54 Å². The van der Waals surface area contributed by atoms with Crippen molar-refractivity contribution in [2.24, 2.45) is 5.73 Å². The zero-order chi connectivity index (χ0) is 11.6. The highest BCUT2D eigenvalue weighted by Gasteiger charge is 2.18. The van der Waals surface area contributed by atoms with Crippen LogP contribution in [0.4, 0.5) is 0 Å². The Morgan fingerprint density at radius 3 is 2.60 bits per heavy atom. The molecule has 0 aliphatic carbocycles. The second-order valence-electron chi connectivity index (χ2n) is 3.50. The van der Waals surface area contributed by atoms with Gasteiger partial charge in [0.05, 0.1) is 13.2 Å². The van der Waals surface area contributed by atoms with E-state index in [0.29, 0.717) is 5.75 Å². The van der Waals surface area contributed by atoms with Crippen molar-refractivity contribution in [1.82, 2.24) is 0 Å². The van der Waals surface area contributed by atoms with Crippen LogP contribution in [0.2, 0.25) is 0 Å². The standard InChI is InChI=1S/C11H16BrNO2/c1-6-4-8(12)7(2)10(9(14)5-13)11(6)15-3/h4,9,14H,5,13H2,1-3H3. The fourth-order valence-electron chi connectivity index (χ4n) is 1.67. The molecule has 84 valence electrons. The summed E-state index contributed by atoms with van der Waals surface area (Å²) < 4.78 is 6.26. The Bertz CT molecular complexity index is 366. The third-order valence-corrected chi connectivity index (χ3v) is 3.29. The predicted octanol–water partition coefficient (Wildman–Crippen LogP) is 2.07. The molecule has 4 heteroatoms. The normalized spacial score (nSPS) is 12.7. The third-order valence-electron chi connectivity index (χ3n) is 2.47. The number of benzene rings is 1. The molecule has 0 saturated heterocycles. The first kappa shape index (κ1) is 12.5. The quantitative estimate of drug-likeness (QED) is 0.887. The van der Waals surface area contributed by atoms with Crippen molar-refractivity contribution in [3.8, 4) is 5.75 Å². The number of ether oxygens (including phenoxy) is 1. The molecule has 15 heavy (non-hydrogen) atoms. The first-order valence-electron chi connectivity index (χ1n) is 4.74. The molecular weight excluding hydrogens is 258 g/mol. The molecule has 3 nitrogen and oxygen atoms in total. The zero-order valence-electron chi connectivity index (χ0n) is 9.17. The first-order chi connectivity index (χ1) is 7.02. The molecule has 1 atom stereocenters. The molecule has 0 amide bonds. The predicted molar refractivity (Wildman–Crippen MR) is 64.2 cm³/mol. The van der Waals surface area contributed by atoms with Crippen LogP contribution in [0.25, 0.3) is 0 Å². The summed E-state index contributed by atoms with van der Waals surface area (Å²) in [6.45, 7) is 4.06. The van der Waals surface area contributed by atoms with E-state index in [2.05, 4.69) is 15.9 Å². The minimum Gasteiger partial charge on any atom is -0.496 e. The lowest BCUT2D eigenvalue weighted by molar-refractivity contribution is 0.181. The molecule has 0 radical (unpaired) electrons. The van der Waals surface area contributed by atoms with E-state index in [9.17, 15) is 5.11 Å². The molecule has 1 unspecified atom stereocenters. The number of halogens is 1. The van der Waals surface area contributed by atoms with Gasteiger partial charge in [-0.05, 0) is 31.0 Å². The van der Waals surface area contributed by atoms with Crippen LogP contribution in [0.1, 0.15) is 22.8 Å². The molecule has 0 saturated carbocycles. The topological polar surface area (TPSA) is 55.5 Å². The van der Waals surface area contributed by atoms with Crippen LogP contribution in [0.5, 0.6) is 5.75 Å². The highest BCUT2D eigenvalue weighted by atomic mass is 79.9. The maximum atomic E-state index is 9.85. The van der Waals surface area contributed by atoms with Gasteiger partial charge in [0.15, 0.2) is 0 Å². The summed E-state index contributed by atoms with van der Waals surface area (Å²) in [5.41, 5.74) is 8.20. The zero-order valence-corrected chi connectivity index (χ0v) is 10.8. The number of nitrogens with two attached hydrogens (primary N) is 1. The molecule has 0 heterocycles. The number of rotatable bonds is 3. The van der Waals surface area contributed by atoms with E-state index >= 15 is 0 Å². The van der Waals surface area contributed by atoms with Crippen molar-refractivity contribution in [2.75, 3.05) is 13.7 Å². The Morgan fingerprint density at radius 1 is 1.53 bits per heavy atom. The van der Waals surface area contributed by atoms with Crippen LogP contribution in [-0.4, -0.2) is 18.8 Å². The van der Waals surface area contributed by atoms with Crippen LogP contribution in [0, 0.1) is 13.8 Å². The summed E-state index contributed by atoms with van der Waals surface area (Å²) in [5.74, 6) is 0.716. The van der Waals surface area contributed by atoms with Crippen molar-refractivity contribution < 1.29 is 9.84 Å². The van der Waals surface area contributed by atoms with Crippen LogP contribution in [0.3, 0.4) is 0 Å². The van der Waals surface area contributed by atoms with Gasteiger partial charge in [0.2, 0.25) is 0 Å². The molecule has 0 bridgehead atoms. The van der Waals surface area contributed by atoms with Crippen molar-refractivity contribution in [3.63, 3.8) is 0 Å². The number of aliphatic hydroxyl groups is 1. The second-order valence-corrected chi connectivity index (χ2v) is 4.35. The summed E-state index contributed by atoms with van der Waals surface area (Å²) in [7, 11) is 1.60. The number of aliphatic hydroxyl groups excluding tert-OH is 1. The van der Waals surface area contributed by atoms with E-state index < -0.39 is 6.10 Å². The summed E-state index contributed by atoms with van der Waals surface area (Å²) in [5, 5.41) is 9.85. The number of hydrogen-bond acceptors (Lipinski definition) is 3. The smallest absolute Gasteiger partial charge is 0.127 e. The highest BCUT2D eigenvalue weighted by Crippen LogP contribution is 2.35. The van der Waals surface area contributed by atoms with Gasteiger partial charge in [-0.3, -0.25) is 0 Å². The molecule has 0 aliphatic rings. The fourth-order valence-corrected chi connectivity index (χ4v) is 2.22. The molecule has 0 fully saturated rings. The summed E-state index contributed by atoms with van der Waals surface area (Å²) in [6, 6.07) is 1.97. The number of aryl methyl sites for hydroxylation is 1. The van der Waals surface area contributed by atoms with Crippen molar-refractivity contribution in [3.05, 3.63) is 27.2 Å². The van der Waals surface area contributed by atoms with Crippen molar-refractivity contribution >= 4 is 15.9 Å². The Hall–Kier alpha value is -0.580. The van der Waals surface area contributed by atoms with E-state index in [4.69, 9.17) is 10.5 Å². The number of methoxy groups -OCH3 is 1. The van der Waals surface area contributed by atoms with Gasteiger partial charge < -0.3 is 15.6 Å². The molecule has 0 aromatic heterocycles. The van der Waals surface area contributed by atoms with Gasteiger partial charge in [-0.1, -0.05) is 15.9 Å². The highest BCUT2D eigenvalue weighted by molar-refractivity contribution is 9.10. The Labute approximate surface area is 98.4 Å². The van der Waals surface area contributed by atoms with Gasteiger partial charge in [-0.25, -0.2) is 0 Å². The maximum absolute atomic E-state index is 9.85. The largest absolute Gasteiger partial charge is 0.496 e. The van der Waals surface area contributed by atoms with E-state index in [1.807, 2.05) is 19.9 Å². The van der Waals surface area contributed by atoms with Crippen LogP contribution < -0.4 is 10.5 Å². The SMILES string of the molecule is COc1c(C)cc(Br)c(C)c1C(O)CN. The Morgan fingerprint density at radius 2 is 2.13 bits per heavy atom. The first-order valence-corrected chi connectivity index (χ1v) is 5.54. The monoisotopic (exact) mass is 273 g/mol. The average Bonchev–Trinajstić information content (AvgIpc) is 2.21. The van der Waals surface area contributed by atoms with Gasteiger partial charge in [-0.2, -0.15) is 0 Å². The van der Waals surface area contributed by atoms with Gasteiger partial charge in [0.25, 0.3) is 0 Å². The molecule has 1 rings (SSSR count). The lowest BCUT2D eigenvalue weighted by Crippen LogP contribution is -2.14. The van der Waals surface area contributed by atoms with Crippen LogP contribution in [0.15, 0.2) is 10.5 Å². The van der Waals surface area contributed by atoms with E-state index in [1.165, 1.54) is 0 Å².